The Morgan fingerprint density at radius 3 is 2.32 bits per heavy atom. The van der Waals surface area contributed by atoms with Gasteiger partial charge >= 0.3 is 0 Å². The van der Waals surface area contributed by atoms with Crippen LogP contribution in [0, 0.1) is 0 Å². The number of aromatic nitrogens is 1. The highest BCUT2D eigenvalue weighted by Gasteiger charge is 2.09. The van der Waals surface area contributed by atoms with Gasteiger partial charge in [0.15, 0.2) is 0 Å². The second kappa shape index (κ2) is 7.55. The lowest BCUT2D eigenvalue weighted by atomic mass is 10.2. The van der Waals surface area contributed by atoms with Gasteiger partial charge in [0.2, 0.25) is 5.91 Å². The third kappa shape index (κ3) is 4.19. The first-order valence-corrected chi connectivity index (χ1v) is 7.72. The molecule has 1 heterocycles. The molecule has 0 saturated heterocycles. The zero-order chi connectivity index (χ0) is 17.6. The van der Waals surface area contributed by atoms with Crippen LogP contribution in [-0.2, 0) is 9.53 Å². The van der Waals surface area contributed by atoms with Crippen LogP contribution in [0.1, 0.15) is 10.5 Å². The zero-order valence-corrected chi connectivity index (χ0v) is 13.7. The molecule has 0 saturated carbocycles. The Morgan fingerprint density at radius 1 is 0.920 bits per heavy atom. The van der Waals surface area contributed by atoms with Gasteiger partial charge in [-0.15, -0.1) is 0 Å². The molecular weight excluding hydrogens is 318 g/mol. The summed E-state index contributed by atoms with van der Waals surface area (Å²) in [6, 6.07) is 18.0. The molecule has 25 heavy (non-hydrogen) atoms. The van der Waals surface area contributed by atoms with Crippen molar-refractivity contribution in [3.8, 4) is 0 Å². The lowest BCUT2D eigenvalue weighted by Crippen LogP contribution is -2.17. The number of nitrogens with zero attached hydrogens (tertiary/aromatic N) is 1. The number of fused-ring (bicyclic) bond motifs is 1. The Hall–Kier alpha value is -3.25. The number of rotatable bonds is 5. The number of hydrogen-bond donors (Lipinski definition) is 2. The van der Waals surface area contributed by atoms with Crippen LogP contribution >= 0.6 is 0 Å². The molecule has 0 aliphatic carbocycles. The summed E-state index contributed by atoms with van der Waals surface area (Å²) in [5, 5.41) is 6.46. The Balaban J connectivity index is 1.68. The first-order chi connectivity index (χ1) is 12.2. The van der Waals surface area contributed by atoms with E-state index >= 15 is 0 Å². The number of ether oxygens (including phenoxy) is 1. The first-order valence-electron chi connectivity index (χ1n) is 7.72. The van der Waals surface area contributed by atoms with Gasteiger partial charge in [-0.3, -0.25) is 9.59 Å². The number of carbonyl (C=O) groups excluding carboxylic acids is 2. The summed E-state index contributed by atoms with van der Waals surface area (Å²) in [7, 11) is 1.46. The molecule has 0 atom stereocenters. The second-order valence-electron chi connectivity index (χ2n) is 5.40. The number of benzene rings is 2. The van der Waals surface area contributed by atoms with E-state index in [9.17, 15) is 9.59 Å². The van der Waals surface area contributed by atoms with Gasteiger partial charge in [0, 0.05) is 23.9 Å². The van der Waals surface area contributed by atoms with Crippen LogP contribution in [-0.4, -0.2) is 30.5 Å². The van der Waals surface area contributed by atoms with Crippen molar-refractivity contribution in [2.75, 3.05) is 24.4 Å². The van der Waals surface area contributed by atoms with E-state index in [1.54, 1.807) is 30.3 Å². The molecule has 3 aromatic rings. The molecule has 2 N–H and O–H groups in total. The number of methoxy groups -OCH3 is 1. The number of carbonyl (C=O) groups is 2. The van der Waals surface area contributed by atoms with Gasteiger partial charge in [0.1, 0.15) is 12.3 Å². The summed E-state index contributed by atoms with van der Waals surface area (Å²) >= 11 is 0. The van der Waals surface area contributed by atoms with Crippen LogP contribution in [0.25, 0.3) is 10.9 Å². The number of para-hydroxylation sites is 1. The summed E-state index contributed by atoms with van der Waals surface area (Å²) in [5.74, 6) is -0.526. The zero-order valence-electron chi connectivity index (χ0n) is 13.7. The largest absolute Gasteiger partial charge is 0.375 e. The second-order valence-corrected chi connectivity index (χ2v) is 5.40. The molecule has 0 bridgehead atoms. The van der Waals surface area contributed by atoms with E-state index in [-0.39, 0.29) is 18.4 Å². The molecule has 126 valence electrons. The normalized spacial score (nSPS) is 10.4. The van der Waals surface area contributed by atoms with Crippen molar-refractivity contribution >= 4 is 34.1 Å². The molecule has 0 spiro atoms. The predicted octanol–water partition coefficient (Wildman–Crippen LogP) is 3.07. The van der Waals surface area contributed by atoms with Gasteiger partial charge in [0.05, 0.1) is 5.52 Å². The molecule has 2 aromatic carbocycles. The fraction of sp³-hybridized carbons (Fsp3) is 0.105. The molecule has 0 aliphatic rings. The number of nitrogens with one attached hydrogen (secondary N) is 2. The van der Waals surface area contributed by atoms with Crippen molar-refractivity contribution in [3.05, 3.63) is 66.4 Å². The fourth-order valence-corrected chi connectivity index (χ4v) is 2.35. The van der Waals surface area contributed by atoms with Crippen LogP contribution < -0.4 is 10.6 Å². The topological polar surface area (TPSA) is 80.3 Å². The summed E-state index contributed by atoms with van der Waals surface area (Å²) in [4.78, 5) is 28.2. The van der Waals surface area contributed by atoms with Crippen molar-refractivity contribution in [1.82, 2.24) is 4.98 Å². The van der Waals surface area contributed by atoms with E-state index in [1.807, 2.05) is 30.3 Å². The summed E-state index contributed by atoms with van der Waals surface area (Å²) in [6.45, 7) is -0.00782. The van der Waals surface area contributed by atoms with Crippen molar-refractivity contribution in [2.45, 2.75) is 0 Å². The number of amides is 2. The minimum absolute atomic E-state index is 0.00782. The highest BCUT2D eigenvalue weighted by atomic mass is 16.5. The van der Waals surface area contributed by atoms with Gasteiger partial charge in [-0.1, -0.05) is 24.3 Å². The van der Waals surface area contributed by atoms with Crippen molar-refractivity contribution in [3.63, 3.8) is 0 Å². The van der Waals surface area contributed by atoms with Crippen LogP contribution in [0.15, 0.2) is 60.7 Å². The minimum Gasteiger partial charge on any atom is -0.375 e. The molecule has 0 fully saturated rings. The SMILES string of the molecule is COCC(=O)Nc1ccc(NC(=O)c2ccc3ccccc3n2)cc1. The number of anilines is 2. The Kier molecular flexibility index (Phi) is 5.01. The van der Waals surface area contributed by atoms with Crippen molar-refractivity contribution < 1.29 is 14.3 Å². The third-order valence-electron chi connectivity index (χ3n) is 3.53. The van der Waals surface area contributed by atoms with Crippen molar-refractivity contribution in [1.29, 1.82) is 0 Å². The van der Waals surface area contributed by atoms with Crippen LogP contribution in [0.4, 0.5) is 11.4 Å². The molecule has 0 unspecified atom stereocenters. The van der Waals surface area contributed by atoms with Gasteiger partial charge in [-0.25, -0.2) is 4.98 Å². The molecule has 2 amide bonds. The van der Waals surface area contributed by atoms with E-state index in [0.29, 0.717) is 17.1 Å². The van der Waals surface area contributed by atoms with E-state index in [1.165, 1.54) is 7.11 Å². The molecule has 0 aliphatic heterocycles. The van der Waals surface area contributed by atoms with E-state index in [2.05, 4.69) is 15.6 Å². The maximum Gasteiger partial charge on any atom is 0.274 e. The highest BCUT2D eigenvalue weighted by molar-refractivity contribution is 6.04. The van der Waals surface area contributed by atoms with Crippen LogP contribution in [0.3, 0.4) is 0 Å². The van der Waals surface area contributed by atoms with E-state index in [0.717, 1.165) is 10.9 Å². The van der Waals surface area contributed by atoms with Gasteiger partial charge in [0.25, 0.3) is 5.91 Å². The minimum atomic E-state index is -0.290. The van der Waals surface area contributed by atoms with Crippen LogP contribution in [0.5, 0.6) is 0 Å². The standard InChI is InChI=1S/C19H17N3O3/c1-25-12-18(23)20-14-7-9-15(10-8-14)21-19(24)17-11-6-13-4-2-3-5-16(13)22-17/h2-11H,12H2,1H3,(H,20,23)(H,21,24). The first kappa shape index (κ1) is 16.6. The Morgan fingerprint density at radius 2 is 1.60 bits per heavy atom. The van der Waals surface area contributed by atoms with Gasteiger partial charge < -0.3 is 15.4 Å². The molecule has 1 aromatic heterocycles. The van der Waals surface area contributed by atoms with E-state index in [4.69, 9.17) is 4.74 Å². The smallest absolute Gasteiger partial charge is 0.274 e. The maximum atomic E-state index is 12.3. The quantitative estimate of drug-likeness (QED) is 0.751. The number of pyridine rings is 1. The molecule has 0 radical (unpaired) electrons. The molecule has 6 heteroatoms. The average Bonchev–Trinajstić information content (AvgIpc) is 2.63. The predicted molar refractivity (Wildman–Crippen MR) is 96.6 cm³/mol. The average molecular weight is 335 g/mol. The summed E-state index contributed by atoms with van der Waals surface area (Å²) in [6.07, 6.45) is 0. The lowest BCUT2D eigenvalue weighted by molar-refractivity contribution is -0.119. The van der Waals surface area contributed by atoms with Crippen molar-refractivity contribution in [2.24, 2.45) is 0 Å². The maximum absolute atomic E-state index is 12.3. The summed E-state index contributed by atoms with van der Waals surface area (Å²) < 4.78 is 4.76. The number of hydrogen-bond acceptors (Lipinski definition) is 4. The van der Waals surface area contributed by atoms with Gasteiger partial charge in [-0.05, 0) is 36.4 Å². The monoisotopic (exact) mass is 335 g/mol. The Bertz CT molecular complexity index is 907. The third-order valence-corrected chi connectivity index (χ3v) is 3.53. The highest BCUT2D eigenvalue weighted by Crippen LogP contribution is 2.16. The molecular formula is C19H17N3O3. The van der Waals surface area contributed by atoms with E-state index < -0.39 is 0 Å². The lowest BCUT2D eigenvalue weighted by Gasteiger charge is -2.08. The van der Waals surface area contributed by atoms with Crippen LogP contribution in [0.2, 0.25) is 0 Å². The van der Waals surface area contributed by atoms with Gasteiger partial charge in [-0.2, -0.15) is 0 Å². The fourth-order valence-electron chi connectivity index (χ4n) is 2.35. The summed E-state index contributed by atoms with van der Waals surface area (Å²) in [5.41, 5.74) is 2.36. The molecule has 3 rings (SSSR count). The Labute approximate surface area is 144 Å². The molecule has 6 nitrogen and oxygen atoms in total.